The van der Waals surface area contributed by atoms with Crippen molar-refractivity contribution in [2.75, 3.05) is 31.8 Å². The molecule has 0 fully saturated rings. The van der Waals surface area contributed by atoms with Gasteiger partial charge in [-0.05, 0) is 113 Å². The average molecular weight is 769 g/mol. The fraction of sp³-hybridized carbons (Fsp3) is 0.333. The summed E-state index contributed by atoms with van der Waals surface area (Å²) in [6, 6.07) is 13.2. The van der Waals surface area contributed by atoms with E-state index in [4.69, 9.17) is 32.7 Å². The Kier molecular flexibility index (Phi) is 10.2. The number of hydrogen-bond acceptors (Lipinski definition) is 6. The van der Waals surface area contributed by atoms with E-state index in [-0.39, 0.29) is 17.6 Å². The van der Waals surface area contributed by atoms with Gasteiger partial charge >= 0.3 is 5.97 Å². The lowest BCUT2D eigenvalue weighted by Gasteiger charge is -2.35. The molecule has 10 nitrogen and oxygen atoms in total. The first kappa shape index (κ1) is 37.4. The summed E-state index contributed by atoms with van der Waals surface area (Å²) in [6.07, 6.45) is 2.74. The molecule has 1 aliphatic rings. The molecule has 3 aromatic heterocycles. The maximum Gasteiger partial charge on any atom is 0.352 e. The van der Waals surface area contributed by atoms with Crippen molar-refractivity contribution in [1.29, 1.82) is 0 Å². The van der Waals surface area contributed by atoms with Crippen molar-refractivity contribution >= 4 is 62.6 Å². The predicted octanol–water partition coefficient (Wildman–Crippen LogP) is 9.48. The van der Waals surface area contributed by atoms with Gasteiger partial charge in [-0.25, -0.2) is 14.8 Å². The third kappa shape index (κ3) is 6.40. The van der Waals surface area contributed by atoms with Gasteiger partial charge in [0, 0.05) is 64.6 Å². The summed E-state index contributed by atoms with van der Waals surface area (Å²) in [5, 5.41) is 13.1. The van der Waals surface area contributed by atoms with Crippen molar-refractivity contribution in [3.63, 3.8) is 0 Å². The molecule has 0 saturated carbocycles. The Bertz CT molecular complexity index is 2440. The summed E-state index contributed by atoms with van der Waals surface area (Å²) in [5.41, 5.74) is 9.86. The van der Waals surface area contributed by atoms with Crippen LogP contribution in [0.3, 0.4) is 0 Å². The van der Waals surface area contributed by atoms with Crippen molar-refractivity contribution in [2.24, 2.45) is 0 Å². The normalized spacial score (nSPS) is 14.4. The molecule has 280 valence electrons. The summed E-state index contributed by atoms with van der Waals surface area (Å²) >= 11 is 13.5. The zero-order valence-electron chi connectivity index (χ0n) is 31.5. The van der Waals surface area contributed by atoms with Crippen LogP contribution in [0.2, 0.25) is 10.0 Å². The van der Waals surface area contributed by atoms with E-state index in [9.17, 15) is 9.90 Å². The number of amides is 1. The number of aryl methyl sites for hydroxylation is 6. The van der Waals surface area contributed by atoms with E-state index in [1.165, 1.54) is 0 Å². The fourth-order valence-corrected chi connectivity index (χ4v) is 8.45. The maximum absolute atomic E-state index is 15.3. The molecule has 0 aliphatic carbocycles. The number of carbonyl (C=O) groups is 2. The Morgan fingerprint density at radius 1 is 0.944 bits per heavy atom. The van der Waals surface area contributed by atoms with Gasteiger partial charge in [-0.2, -0.15) is 0 Å². The molecule has 6 aromatic rings. The number of ether oxygens (including phenoxy) is 2. The lowest BCUT2D eigenvalue weighted by atomic mass is 9.97. The Morgan fingerprint density at radius 2 is 1.65 bits per heavy atom. The number of methoxy groups -OCH3 is 1. The van der Waals surface area contributed by atoms with Gasteiger partial charge in [-0.15, -0.1) is 0 Å². The molecule has 0 saturated heterocycles. The van der Waals surface area contributed by atoms with E-state index >= 15 is 4.79 Å². The monoisotopic (exact) mass is 767 g/mol. The molecule has 0 spiro atoms. The Labute approximate surface area is 324 Å². The number of carboxylic acids is 1. The van der Waals surface area contributed by atoms with Gasteiger partial charge in [0.05, 0.1) is 35.0 Å². The summed E-state index contributed by atoms with van der Waals surface area (Å²) in [6.45, 7) is 13.3. The van der Waals surface area contributed by atoms with Gasteiger partial charge in [0.25, 0.3) is 5.91 Å². The van der Waals surface area contributed by atoms with Crippen molar-refractivity contribution in [1.82, 2.24) is 19.1 Å². The van der Waals surface area contributed by atoms with Crippen LogP contribution >= 0.6 is 23.2 Å². The van der Waals surface area contributed by atoms with E-state index in [0.29, 0.717) is 61.1 Å². The summed E-state index contributed by atoms with van der Waals surface area (Å²) in [5.74, 6) is -0.469. The van der Waals surface area contributed by atoms with E-state index in [1.54, 1.807) is 24.1 Å². The molecular formula is C42H43Cl2N5O5. The first-order valence-corrected chi connectivity index (χ1v) is 18.8. The van der Waals surface area contributed by atoms with Crippen LogP contribution in [0.25, 0.3) is 32.9 Å². The van der Waals surface area contributed by atoms with Crippen LogP contribution in [0.15, 0.2) is 48.8 Å². The quantitative estimate of drug-likeness (QED) is 0.131. The molecule has 0 bridgehead atoms. The van der Waals surface area contributed by atoms with E-state index in [1.807, 2.05) is 75.9 Å². The zero-order chi connectivity index (χ0) is 38.6. The number of hydrogen-bond donors (Lipinski definition) is 1. The van der Waals surface area contributed by atoms with Crippen LogP contribution in [-0.2, 0) is 17.7 Å². The maximum atomic E-state index is 15.3. The second kappa shape index (κ2) is 14.7. The number of nitrogens with zero attached hydrogens (tertiary/aromatic N) is 5. The minimum absolute atomic E-state index is 0.141. The third-order valence-electron chi connectivity index (χ3n) is 10.4. The molecule has 12 heteroatoms. The average Bonchev–Trinajstić information content (AvgIpc) is 3.66. The van der Waals surface area contributed by atoms with E-state index in [0.717, 1.165) is 71.8 Å². The van der Waals surface area contributed by atoms with Crippen LogP contribution in [-0.4, -0.2) is 63.0 Å². The molecular weight excluding hydrogens is 725 g/mol. The van der Waals surface area contributed by atoms with Crippen molar-refractivity contribution < 1.29 is 24.2 Å². The van der Waals surface area contributed by atoms with Gasteiger partial charge in [0.1, 0.15) is 23.5 Å². The highest BCUT2D eigenvalue weighted by Crippen LogP contribution is 2.45. The molecule has 1 atom stereocenters. The second-order valence-electron chi connectivity index (χ2n) is 14.2. The van der Waals surface area contributed by atoms with Crippen LogP contribution < -0.4 is 9.64 Å². The smallest absolute Gasteiger partial charge is 0.352 e. The molecule has 1 unspecified atom stereocenters. The van der Waals surface area contributed by atoms with Crippen LogP contribution in [0.4, 0.5) is 5.69 Å². The number of benzene rings is 3. The molecule has 3 aromatic carbocycles. The number of aromatic carboxylic acids is 1. The Hall–Kier alpha value is -4.90. The van der Waals surface area contributed by atoms with E-state index < -0.39 is 5.97 Å². The molecule has 0 radical (unpaired) electrons. The third-order valence-corrected chi connectivity index (χ3v) is 11.3. The first-order chi connectivity index (χ1) is 25.8. The van der Waals surface area contributed by atoms with Gasteiger partial charge in [0.2, 0.25) is 0 Å². The Morgan fingerprint density at radius 3 is 2.31 bits per heavy atom. The molecule has 1 N–H and O–H groups in total. The van der Waals surface area contributed by atoms with Gasteiger partial charge in [0.15, 0.2) is 0 Å². The van der Waals surface area contributed by atoms with Crippen molar-refractivity contribution in [2.45, 2.75) is 67.0 Å². The topological polar surface area (TPSA) is 112 Å². The van der Waals surface area contributed by atoms with Gasteiger partial charge in [-0.1, -0.05) is 29.3 Å². The van der Waals surface area contributed by atoms with Gasteiger partial charge < -0.3 is 28.6 Å². The molecule has 1 amide bonds. The molecule has 54 heavy (non-hydrogen) atoms. The SMILES string of the molecule is COCCn1c(C(=O)O)cc2cc(C)cc(N3CC(C)n4c(c(CCCOc5cc(C)c(Cl)c(C)c5)c5ccc(Cl)c(-c6c(C)ncnc6C)c54)C3=O)c21. The number of rotatable bonds is 11. The minimum Gasteiger partial charge on any atom is -0.494 e. The standard InChI is InChI=1S/C42H43Cl2N5O5/c1-22-15-28-19-34(42(51)52)47(12-14-53-7)38(28)33(16-22)48-20-25(4)49-39-31(10-11-32(43)36(39)35-26(5)45-21-46-27(35)6)30(40(49)41(48)50)9-8-13-54-29-17-23(2)37(44)24(3)18-29/h10-11,15-19,21,25H,8-9,12-14,20H2,1-7H3,(H,51,52). The Balaban J connectivity index is 1.40. The van der Waals surface area contributed by atoms with Gasteiger partial charge in [-0.3, -0.25) is 4.79 Å². The number of aromatic nitrogens is 4. The molecule has 1 aliphatic heterocycles. The van der Waals surface area contributed by atoms with E-state index in [2.05, 4.69) is 21.5 Å². The largest absolute Gasteiger partial charge is 0.494 e. The van der Waals surface area contributed by atoms with Crippen molar-refractivity contribution in [3.8, 4) is 16.9 Å². The minimum atomic E-state index is -1.04. The first-order valence-electron chi connectivity index (χ1n) is 18.0. The molecule has 4 heterocycles. The number of anilines is 1. The predicted molar refractivity (Wildman–Crippen MR) is 214 cm³/mol. The highest BCUT2D eigenvalue weighted by atomic mass is 35.5. The number of carbonyl (C=O) groups excluding carboxylic acids is 1. The summed E-state index contributed by atoms with van der Waals surface area (Å²) in [4.78, 5) is 38.6. The summed E-state index contributed by atoms with van der Waals surface area (Å²) in [7, 11) is 1.58. The zero-order valence-corrected chi connectivity index (χ0v) is 33.0. The molecule has 7 rings (SSSR count). The van der Waals surface area contributed by atoms with Crippen LogP contribution in [0.1, 0.15) is 74.0 Å². The highest BCUT2D eigenvalue weighted by molar-refractivity contribution is 6.35. The lowest BCUT2D eigenvalue weighted by molar-refractivity contribution is 0.0683. The lowest BCUT2D eigenvalue weighted by Crippen LogP contribution is -2.43. The van der Waals surface area contributed by atoms with Crippen LogP contribution in [0, 0.1) is 34.6 Å². The summed E-state index contributed by atoms with van der Waals surface area (Å²) < 4.78 is 15.5. The second-order valence-corrected chi connectivity index (χ2v) is 15.0. The number of carboxylic acid groups (broad SMARTS) is 1. The highest BCUT2D eigenvalue weighted by Gasteiger charge is 2.38. The van der Waals surface area contributed by atoms with Crippen molar-refractivity contribution in [3.05, 3.63) is 104 Å². The van der Waals surface area contributed by atoms with Crippen LogP contribution in [0.5, 0.6) is 5.75 Å². The number of halogens is 2. The number of fused-ring (bicyclic) bond motifs is 4. The fourth-order valence-electron chi connectivity index (χ4n) is 8.09.